The Bertz CT molecular complexity index is 387. The quantitative estimate of drug-likeness (QED) is 0.720. The summed E-state index contributed by atoms with van der Waals surface area (Å²) in [6.07, 6.45) is 8.66. The largest absolute Gasteiger partial charge is 0.493 e. The fraction of sp³-hybridized carbons (Fsp3) is 0.647. The minimum Gasteiger partial charge on any atom is -0.493 e. The molecule has 0 saturated carbocycles. The summed E-state index contributed by atoms with van der Waals surface area (Å²) in [4.78, 5) is 0. The van der Waals surface area contributed by atoms with Gasteiger partial charge in [-0.3, -0.25) is 0 Å². The van der Waals surface area contributed by atoms with Gasteiger partial charge in [0.25, 0.3) is 0 Å². The summed E-state index contributed by atoms with van der Waals surface area (Å²) >= 11 is 0. The van der Waals surface area contributed by atoms with Crippen molar-refractivity contribution in [2.45, 2.75) is 64.4 Å². The number of rotatable bonds is 8. The van der Waals surface area contributed by atoms with Crippen LogP contribution in [0.5, 0.6) is 5.75 Å². The fourth-order valence-electron chi connectivity index (χ4n) is 2.68. The maximum absolute atomic E-state index is 9.98. The van der Waals surface area contributed by atoms with E-state index in [9.17, 15) is 5.11 Å². The van der Waals surface area contributed by atoms with Crippen molar-refractivity contribution in [2.75, 3.05) is 6.61 Å². The number of benzene rings is 1. The smallest absolute Gasteiger partial charge is 0.122 e. The average molecular weight is 262 g/mol. The molecule has 1 N–H and O–H groups in total. The van der Waals surface area contributed by atoms with E-state index < -0.39 is 0 Å². The molecule has 0 radical (unpaired) electrons. The van der Waals surface area contributed by atoms with Gasteiger partial charge in [-0.2, -0.15) is 0 Å². The summed E-state index contributed by atoms with van der Waals surface area (Å²) in [5.41, 5.74) is 2.66. The fourth-order valence-corrected chi connectivity index (χ4v) is 2.68. The summed E-state index contributed by atoms with van der Waals surface area (Å²) in [5.74, 6) is 1.05. The van der Waals surface area contributed by atoms with E-state index in [0.29, 0.717) is 0 Å². The maximum atomic E-state index is 9.98. The molecule has 19 heavy (non-hydrogen) atoms. The van der Waals surface area contributed by atoms with Gasteiger partial charge in [0.1, 0.15) is 5.75 Å². The normalized spacial score (nSPS) is 15.1. The molecular weight excluding hydrogens is 236 g/mol. The van der Waals surface area contributed by atoms with Gasteiger partial charge in [0, 0.05) is 6.42 Å². The predicted octanol–water partition coefficient (Wildman–Crippen LogP) is 3.89. The summed E-state index contributed by atoms with van der Waals surface area (Å²) < 4.78 is 5.51. The van der Waals surface area contributed by atoms with E-state index in [2.05, 4.69) is 25.1 Å². The Morgan fingerprint density at radius 3 is 2.95 bits per heavy atom. The van der Waals surface area contributed by atoms with Gasteiger partial charge in [0.2, 0.25) is 0 Å². The molecule has 1 unspecified atom stereocenters. The van der Waals surface area contributed by atoms with Gasteiger partial charge in [0.15, 0.2) is 0 Å². The van der Waals surface area contributed by atoms with Crippen LogP contribution in [0.1, 0.15) is 56.6 Å². The van der Waals surface area contributed by atoms with Gasteiger partial charge in [0.05, 0.1) is 12.7 Å². The lowest BCUT2D eigenvalue weighted by atomic mass is 10.0. The van der Waals surface area contributed by atoms with Crippen LogP contribution in [0.2, 0.25) is 0 Å². The molecule has 2 nitrogen and oxygen atoms in total. The summed E-state index contributed by atoms with van der Waals surface area (Å²) in [5, 5.41) is 9.98. The minimum atomic E-state index is -0.138. The molecule has 0 aliphatic carbocycles. The van der Waals surface area contributed by atoms with Crippen LogP contribution < -0.4 is 4.74 Å². The van der Waals surface area contributed by atoms with Crippen molar-refractivity contribution >= 4 is 0 Å². The van der Waals surface area contributed by atoms with Gasteiger partial charge in [-0.25, -0.2) is 0 Å². The molecule has 0 amide bonds. The highest BCUT2D eigenvalue weighted by molar-refractivity contribution is 5.39. The van der Waals surface area contributed by atoms with Crippen molar-refractivity contribution in [3.8, 4) is 5.75 Å². The van der Waals surface area contributed by atoms with Crippen molar-refractivity contribution < 1.29 is 9.84 Å². The number of ether oxygens (including phenoxy) is 1. The number of aryl methyl sites for hydroxylation is 1. The number of aliphatic hydroxyl groups excluding tert-OH is 1. The number of hydrogen-bond donors (Lipinski definition) is 1. The monoisotopic (exact) mass is 262 g/mol. The lowest BCUT2D eigenvalue weighted by Crippen LogP contribution is -2.07. The molecule has 0 saturated heterocycles. The van der Waals surface area contributed by atoms with Crippen LogP contribution in [0.3, 0.4) is 0 Å². The molecule has 0 bridgehead atoms. The topological polar surface area (TPSA) is 29.5 Å². The molecule has 1 aliphatic heterocycles. The zero-order valence-corrected chi connectivity index (χ0v) is 12.0. The number of hydrogen-bond acceptors (Lipinski definition) is 2. The maximum Gasteiger partial charge on any atom is 0.122 e. The first-order valence-corrected chi connectivity index (χ1v) is 7.72. The van der Waals surface area contributed by atoms with E-state index in [4.69, 9.17) is 4.74 Å². The number of aliphatic hydroxyl groups is 1. The summed E-state index contributed by atoms with van der Waals surface area (Å²) in [6.45, 7) is 3.03. The Balaban J connectivity index is 1.70. The van der Waals surface area contributed by atoms with E-state index in [0.717, 1.165) is 44.5 Å². The third-order valence-electron chi connectivity index (χ3n) is 3.91. The van der Waals surface area contributed by atoms with Crippen molar-refractivity contribution in [2.24, 2.45) is 0 Å². The van der Waals surface area contributed by atoms with Crippen LogP contribution in [-0.2, 0) is 12.8 Å². The molecule has 2 rings (SSSR count). The van der Waals surface area contributed by atoms with E-state index in [1.807, 2.05) is 0 Å². The molecular formula is C17H26O2. The lowest BCUT2D eigenvalue weighted by molar-refractivity contribution is 0.151. The summed E-state index contributed by atoms with van der Waals surface area (Å²) in [6, 6.07) is 6.45. The van der Waals surface area contributed by atoms with Crippen LogP contribution in [0.25, 0.3) is 0 Å². The minimum absolute atomic E-state index is 0.138. The second-order valence-electron chi connectivity index (χ2n) is 5.58. The first kappa shape index (κ1) is 14.4. The van der Waals surface area contributed by atoms with Crippen LogP contribution in [0.4, 0.5) is 0 Å². The number of fused-ring (bicyclic) bond motifs is 1. The van der Waals surface area contributed by atoms with Crippen LogP contribution in [0.15, 0.2) is 18.2 Å². The number of unbranched alkanes of at least 4 members (excludes halogenated alkanes) is 3. The third-order valence-corrected chi connectivity index (χ3v) is 3.91. The Hall–Kier alpha value is -1.02. The van der Waals surface area contributed by atoms with Crippen LogP contribution in [-0.4, -0.2) is 17.8 Å². The Morgan fingerprint density at radius 1 is 1.21 bits per heavy atom. The molecule has 0 aromatic heterocycles. The van der Waals surface area contributed by atoms with Gasteiger partial charge in [-0.1, -0.05) is 44.7 Å². The molecule has 1 aliphatic rings. The summed E-state index contributed by atoms with van der Waals surface area (Å²) in [7, 11) is 0. The van der Waals surface area contributed by atoms with E-state index in [1.54, 1.807) is 0 Å². The van der Waals surface area contributed by atoms with Crippen LogP contribution in [0, 0.1) is 0 Å². The van der Waals surface area contributed by atoms with Gasteiger partial charge in [-0.05, 0) is 36.5 Å². The first-order valence-electron chi connectivity index (χ1n) is 7.72. The van der Waals surface area contributed by atoms with Crippen molar-refractivity contribution in [3.63, 3.8) is 0 Å². The molecule has 0 spiro atoms. The second kappa shape index (κ2) is 7.54. The Kier molecular flexibility index (Phi) is 5.71. The standard InChI is InChI=1S/C17H26O2/c1-2-3-4-5-6-16(18)9-7-14-8-10-17-15(13-14)11-12-19-17/h8,10,13,16,18H,2-7,9,11-12H2,1H3. The highest BCUT2D eigenvalue weighted by Crippen LogP contribution is 2.26. The molecule has 106 valence electrons. The molecule has 1 aromatic rings. The highest BCUT2D eigenvalue weighted by atomic mass is 16.5. The Labute approximate surface area is 116 Å². The second-order valence-corrected chi connectivity index (χ2v) is 5.58. The van der Waals surface area contributed by atoms with Crippen molar-refractivity contribution in [3.05, 3.63) is 29.3 Å². The van der Waals surface area contributed by atoms with Crippen LogP contribution >= 0.6 is 0 Å². The zero-order valence-electron chi connectivity index (χ0n) is 12.0. The SMILES string of the molecule is CCCCCCC(O)CCc1ccc2c(c1)CCO2. The molecule has 1 atom stereocenters. The third kappa shape index (κ3) is 4.54. The zero-order chi connectivity index (χ0) is 13.5. The van der Waals surface area contributed by atoms with Gasteiger partial charge >= 0.3 is 0 Å². The van der Waals surface area contributed by atoms with Gasteiger partial charge < -0.3 is 9.84 Å². The highest BCUT2D eigenvalue weighted by Gasteiger charge is 2.12. The molecule has 1 aromatic carbocycles. The van der Waals surface area contributed by atoms with Crippen molar-refractivity contribution in [1.82, 2.24) is 0 Å². The van der Waals surface area contributed by atoms with Gasteiger partial charge in [-0.15, -0.1) is 0 Å². The molecule has 2 heteroatoms. The average Bonchev–Trinajstić information content (AvgIpc) is 2.89. The van der Waals surface area contributed by atoms with E-state index in [-0.39, 0.29) is 6.10 Å². The first-order chi connectivity index (χ1) is 9.29. The molecule has 0 fully saturated rings. The van der Waals surface area contributed by atoms with Crippen molar-refractivity contribution in [1.29, 1.82) is 0 Å². The molecule has 1 heterocycles. The van der Waals surface area contributed by atoms with E-state index in [1.165, 1.54) is 30.4 Å². The Morgan fingerprint density at radius 2 is 2.11 bits per heavy atom. The predicted molar refractivity (Wildman–Crippen MR) is 78.7 cm³/mol. The lowest BCUT2D eigenvalue weighted by Gasteiger charge is -2.10. The van der Waals surface area contributed by atoms with E-state index >= 15 is 0 Å².